The van der Waals surface area contributed by atoms with Crippen LogP contribution in [-0.4, -0.2) is 10.1 Å². The summed E-state index contributed by atoms with van der Waals surface area (Å²) in [6.07, 6.45) is 0.867. The highest BCUT2D eigenvalue weighted by molar-refractivity contribution is 9.10. The van der Waals surface area contributed by atoms with Crippen molar-refractivity contribution in [3.8, 4) is 11.5 Å². The molecular weight excluding hydrogens is 301 g/mol. The van der Waals surface area contributed by atoms with Crippen LogP contribution < -0.4 is 4.74 Å². The average molecular weight is 312 g/mol. The van der Waals surface area contributed by atoms with Crippen molar-refractivity contribution >= 4 is 15.9 Å². The molecule has 5 heteroatoms. The standard InChI is InChI=1S/C13H11BrFNO2/c1-8(17)13-5-3-10(7-16-13)18-9-2-4-11(14)12(15)6-9/h2-8,17H,1H3. The third-order valence-corrected chi connectivity index (χ3v) is 2.96. The zero-order chi connectivity index (χ0) is 13.1. The predicted molar refractivity (Wildman–Crippen MR) is 69.0 cm³/mol. The minimum atomic E-state index is -0.621. The zero-order valence-corrected chi connectivity index (χ0v) is 11.2. The molecule has 0 bridgehead atoms. The van der Waals surface area contributed by atoms with Gasteiger partial charge in [-0.1, -0.05) is 0 Å². The number of aliphatic hydroxyl groups excluding tert-OH is 1. The molecule has 1 aromatic carbocycles. The van der Waals surface area contributed by atoms with Crippen LogP contribution in [0.4, 0.5) is 4.39 Å². The first kappa shape index (κ1) is 13.0. The van der Waals surface area contributed by atoms with Crippen LogP contribution in [0.15, 0.2) is 41.0 Å². The van der Waals surface area contributed by atoms with E-state index in [0.717, 1.165) is 0 Å². The highest BCUT2D eigenvalue weighted by Crippen LogP contribution is 2.25. The number of aliphatic hydroxyl groups is 1. The molecule has 0 aliphatic heterocycles. The summed E-state index contributed by atoms with van der Waals surface area (Å²) in [7, 11) is 0. The van der Waals surface area contributed by atoms with E-state index in [2.05, 4.69) is 20.9 Å². The molecule has 0 spiro atoms. The smallest absolute Gasteiger partial charge is 0.145 e. The van der Waals surface area contributed by atoms with E-state index in [1.54, 1.807) is 31.2 Å². The van der Waals surface area contributed by atoms with E-state index in [9.17, 15) is 9.50 Å². The van der Waals surface area contributed by atoms with Crippen LogP contribution in [0.1, 0.15) is 18.7 Å². The summed E-state index contributed by atoms with van der Waals surface area (Å²) in [5.74, 6) is 0.490. The van der Waals surface area contributed by atoms with Gasteiger partial charge in [0.1, 0.15) is 17.3 Å². The van der Waals surface area contributed by atoms with Gasteiger partial charge in [0.25, 0.3) is 0 Å². The average Bonchev–Trinajstić information content (AvgIpc) is 2.34. The van der Waals surface area contributed by atoms with Crippen LogP contribution in [0.5, 0.6) is 11.5 Å². The maximum Gasteiger partial charge on any atom is 0.145 e. The van der Waals surface area contributed by atoms with Crippen molar-refractivity contribution in [2.75, 3.05) is 0 Å². The van der Waals surface area contributed by atoms with Crippen molar-refractivity contribution in [2.45, 2.75) is 13.0 Å². The van der Waals surface area contributed by atoms with Gasteiger partial charge in [-0.15, -0.1) is 0 Å². The highest BCUT2D eigenvalue weighted by atomic mass is 79.9. The molecule has 1 atom stereocenters. The van der Waals surface area contributed by atoms with Gasteiger partial charge in [-0.2, -0.15) is 0 Å². The molecule has 94 valence electrons. The molecule has 0 aliphatic carbocycles. The Labute approximate surface area is 112 Å². The van der Waals surface area contributed by atoms with Gasteiger partial charge in [-0.05, 0) is 47.1 Å². The Kier molecular flexibility index (Phi) is 3.93. The number of aromatic nitrogens is 1. The summed E-state index contributed by atoms with van der Waals surface area (Å²) >= 11 is 3.07. The van der Waals surface area contributed by atoms with Crippen molar-refractivity contribution in [2.24, 2.45) is 0 Å². The minimum Gasteiger partial charge on any atom is -0.456 e. The number of halogens is 2. The molecule has 1 heterocycles. The fourth-order valence-corrected chi connectivity index (χ4v) is 1.62. The number of rotatable bonds is 3. The third-order valence-electron chi connectivity index (χ3n) is 2.31. The maximum absolute atomic E-state index is 13.3. The van der Waals surface area contributed by atoms with Crippen molar-refractivity contribution in [3.05, 3.63) is 52.5 Å². The Morgan fingerprint density at radius 3 is 2.56 bits per heavy atom. The molecule has 18 heavy (non-hydrogen) atoms. The summed E-state index contributed by atoms with van der Waals surface area (Å²) < 4.78 is 19.1. The Morgan fingerprint density at radius 2 is 2.00 bits per heavy atom. The van der Waals surface area contributed by atoms with Gasteiger partial charge in [-0.3, -0.25) is 4.98 Å². The Hall–Kier alpha value is -1.46. The number of pyridine rings is 1. The van der Waals surface area contributed by atoms with Gasteiger partial charge in [-0.25, -0.2) is 4.39 Å². The van der Waals surface area contributed by atoms with Crippen LogP contribution in [0.3, 0.4) is 0 Å². The Bertz CT molecular complexity index is 543. The van der Waals surface area contributed by atoms with Crippen molar-refractivity contribution in [1.82, 2.24) is 4.98 Å². The van der Waals surface area contributed by atoms with Crippen LogP contribution >= 0.6 is 15.9 Å². The van der Waals surface area contributed by atoms with Crippen LogP contribution in [0, 0.1) is 5.82 Å². The lowest BCUT2D eigenvalue weighted by molar-refractivity contribution is 0.194. The molecule has 0 radical (unpaired) electrons. The van der Waals surface area contributed by atoms with Gasteiger partial charge >= 0.3 is 0 Å². The first-order valence-corrected chi connectivity index (χ1v) is 6.12. The van der Waals surface area contributed by atoms with E-state index in [1.807, 2.05) is 0 Å². The molecule has 1 unspecified atom stereocenters. The van der Waals surface area contributed by atoms with E-state index in [4.69, 9.17) is 4.74 Å². The summed E-state index contributed by atoms with van der Waals surface area (Å²) in [5, 5.41) is 9.31. The number of ether oxygens (including phenoxy) is 1. The molecule has 3 nitrogen and oxygen atoms in total. The fourth-order valence-electron chi connectivity index (χ4n) is 1.38. The number of hydrogen-bond acceptors (Lipinski definition) is 3. The molecule has 2 rings (SSSR count). The van der Waals surface area contributed by atoms with E-state index in [1.165, 1.54) is 12.3 Å². The van der Waals surface area contributed by atoms with Crippen LogP contribution in [0.2, 0.25) is 0 Å². The topological polar surface area (TPSA) is 42.4 Å². The molecule has 1 aromatic heterocycles. The molecule has 0 fully saturated rings. The van der Waals surface area contributed by atoms with Crippen LogP contribution in [0.25, 0.3) is 0 Å². The first-order chi connectivity index (χ1) is 8.56. The number of hydrogen-bond donors (Lipinski definition) is 1. The van der Waals surface area contributed by atoms with Crippen molar-refractivity contribution < 1.29 is 14.2 Å². The highest BCUT2D eigenvalue weighted by Gasteiger charge is 2.05. The van der Waals surface area contributed by atoms with E-state index >= 15 is 0 Å². The number of benzene rings is 1. The third kappa shape index (κ3) is 3.05. The van der Waals surface area contributed by atoms with Gasteiger partial charge in [0.05, 0.1) is 22.5 Å². The van der Waals surface area contributed by atoms with E-state index < -0.39 is 6.10 Å². The molecule has 0 saturated heterocycles. The molecule has 0 aliphatic rings. The van der Waals surface area contributed by atoms with Crippen LogP contribution in [-0.2, 0) is 0 Å². The lowest BCUT2D eigenvalue weighted by atomic mass is 10.2. The van der Waals surface area contributed by atoms with E-state index in [-0.39, 0.29) is 5.82 Å². The molecule has 0 saturated carbocycles. The zero-order valence-electron chi connectivity index (χ0n) is 9.60. The summed E-state index contributed by atoms with van der Waals surface area (Å²) in [4.78, 5) is 4.04. The second-order valence-corrected chi connectivity index (χ2v) is 4.63. The fraction of sp³-hybridized carbons (Fsp3) is 0.154. The van der Waals surface area contributed by atoms with Gasteiger partial charge in [0.15, 0.2) is 0 Å². The lowest BCUT2D eigenvalue weighted by Crippen LogP contribution is -1.95. The summed E-state index contributed by atoms with van der Waals surface area (Å²) in [5.41, 5.74) is 0.560. The molecular formula is C13H11BrFNO2. The molecule has 1 N–H and O–H groups in total. The summed E-state index contributed by atoms with van der Waals surface area (Å²) in [6, 6.07) is 7.84. The molecule has 0 amide bonds. The number of nitrogens with zero attached hydrogens (tertiary/aromatic N) is 1. The maximum atomic E-state index is 13.3. The Balaban J connectivity index is 2.15. The van der Waals surface area contributed by atoms with Crippen molar-refractivity contribution in [3.63, 3.8) is 0 Å². The Morgan fingerprint density at radius 1 is 1.28 bits per heavy atom. The predicted octanol–water partition coefficient (Wildman–Crippen LogP) is 3.83. The first-order valence-electron chi connectivity index (χ1n) is 5.33. The molecule has 2 aromatic rings. The largest absolute Gasteiger partial charge is 0.456 e. The minimum absolute atomic E-state index is 0.387. The van der Waals surface area contributed by atoms with Gasteiger partial charge < -0.3 is 9.84 Å². The SMILES string of the molecule is CC(O)c1ccc(Oc2ccc(Br)c(F)c2)cn1. The quantitative estimate of drug-likeness (QED) is 0.936. The summed E-state index contributed by atoms with van der Waals surface area (Å²) in [6.45, 7) is 1.63. The van der Waals surface area contributed by atoms with Crippen molar-refractivity contribution in [1.29, 1.82) is 0 Å². The normalized spacial score (nSPS) is 12.2. The second kappa shape index (κ2) is 5.46. The monoisotopic (exact) mass is 311 g/mol. The van der Waals surface area contributed by atoms with Gasteiger partial charge in [0, 0.05) is 6.07 Å². The second-order valence-electron chi connectivity index (χ2n) is 3.77. The lowest BCUT2D eigenvalue weighted by Gasteiger charge is -2.07. The van der Waals surface area contributed by atoms with Gasteiger partial charge in [0.2, 0.25) is 0 Å². The van der Waals surface area contributed by atoms with E-state index in [0.29, 0.717) is 21.7 Å².